The molecule has 3 aromatic rings. The topological polar surface area (TPSA) is 67.8 Å². The van der Waals surface area contributed by atoms with Gasteiger partial charge >= 0.3 is 0 Å². The standard InChI is InChI=1S/C22H15F3N2O3S/c1-22(2)20(28)18(27-30-22)11-6-7-13(23)12(10-11)16-8-9-17(31-16)21(29)26-19-14(24)4-3-5-15(19)25/h3-10H,1-2H3,(H,26,29). The number of rotatable bonds is 4. The van der Waals surface area contributed by atoms with Crippen LogP contribution >= 0.6 is 11.3 Å². The molecule has 0 fully saturated rings. The second-order valence-electron chi connectivity index (χ2n) is 7.28. The average molecular weight is 444 g/mol. The van der Waals surface area contributed by atoms with Crippen LogP contribution in [0.1, 0.15) is 29.1 Å². The molecule has 1 aliphatic rings. The number of thiophene rings is 1. The summed E-state index contributed by atoms with van der Waals surface area (Å²) in [5.41, 5.74) is -1.05. The van der Waals surface area contributed by atoms with Crippen molar-refractivity contribution < 1.29 is 27.6 Å². The monoisotopic (exact) mass is 444 g/mol. The second kappa shape index (κ2) is 7.66. The fourth-order valence-corrected chi connectivity index (χ4v) is 3.89. The largest absolute Gasteiger partial charge is 0.381 e. The number of nitrogens with one attached hydrogen (secondary N) is 1. The number of hydrogen-bond donors (Lipinski definition) is 1. The number of amides is 1. The minimum Gasteiger partial charge on any atom is -0.381 e. The van der Waals surface area contributed by atoms with E-state index in [1.807, 2.05) is 0 Å². The van der Waals surface area contributed by atoms with Gasteiger partial charge < -0.3 is 10.2 Å². The summed E-state index contributed by atoms with van der Waals surface area (Å²) in [7, 11) is 0. The van der Waals surface area contributed by atoms with Gasteiger partial charge in [-0.1, -0.05) is 11.2 Å². The van der Waals surface area contributed by atoms with Crippen LogP contribution in [0.4, 0.5) is 18.9 Å². The van der Waals surface area contributed by atoms with Gasteiger partial charge in [0.15, 0.2) is 11.3 Å². The zero-order valence-corrected chi connectivity index (χ0v) is 17.1. The van der Waals surface area contributed by atoms with Gasteiger partial charge in [0.05, 0.1) is 4.88 Å². The summed E-state index contributed by atoms with van der Waals surface area (Å²) in [6.07, 6.45) is 0. The average Bonchev–Trinajstić information content (AvgIpc) is 3.31. The number of carbonyl (C=O) groups excluding carboxylic acids is 2. The Morgan fingerprint density at radius 1 is 1.03 bits per heavy atom. The predicted octanol–water partition coefficient (Wildman–Crippen LogP) is 5.17. The van der Waals surface area contributed by atoms with E-state index >= 15 is 0 Å². The number of para-hydroxylation sites is 1. The Balaban J connectivity index is 1.62. The van der Waals surface area contributed by atoms with Crippen LogP contribution in [0.3, 0.4) is 0 Å². The molecule has 0 radical (unpaired) electrons. The van der Waals surface area contributed by atoms with Gasteiger partial charge in [-0.2, -0.15) is 0 Å². The third-order valence-electron chi connectivity index (χ3n) is 4.66. The molecule has 0 spiro atoms. The molecule has 0 saturated heterocycles. The molecule has 9 heteroatoms. The van der Waals surface area contributed by atoms with E-state index in [2.05, 4.69) is 10.5 Å². The summed E-state index contributed by atoms with van der Waals surface area (Å²) >= 11 is 0.938. The molecule has 2 aromatic carbocycles. The smallest absolute Gasteiger partial charge is 0.265 e. The highest BCUT2D eigenvalue weighted by molar-refractivity contribution is 7.17. The molecule has 0 bridgehead atoms. The molecular weight excluding hydrogens is 429 g/mol. The Morgan fingerprint density at radius 3 is 2.39 bits per heavy atom. The van der Waals surface area contributed by atoms with Crippen LogP contribution in [0.15, 0.2) is 53.7 Å². The van der Waals surface area contributed by atoms with Gasteiger partial charge in [0.2, 0.25) is 5.78 Å². The Labute approximate surface area is 179 Å². The zero-order valence-electron chi connectivity index (χ0n) is 16.3. The van der Waals surface area contributed by atoms with Crippen LogP contribution in [0.25, 0.3) is 10.4 Å². The first kappa shape index (κ1) is 20.8. The minimum atomic E-state index is -1.10. The number of ketones is 1. The van der Waals surface area contributed by atoms with Crippen LogP contribution in [0.5, 0.6) is 0 Å². The van der Waals surface area contributed by atoms with Gasteiger partial charge in [0, 0.05) is 16.0 Å². The molecule has 1 amide bonds. The van der Waals surface area contributed by atoms with Crippen molar-refractivity contribution in [1.82, 2.24) is 0 Å². The van der Waals surface area contributed by atoms with Crippen LogP contribution in [0, 0.1) is 17.5 Å². The van der Waals surface area contributed by atoms with Gasteiger partial charge in [0.1, 0.15) is 23.1 Å². The quantitative estimate of drug-likeness (QED) is 0.604. The van der Waals surface area contributed by atoms with E-state index in [4.69, 9.17) is 4.84 Å². The first-order chi connectivity index (χ1) is 14.7. The van der Waals surface area contributed by atoms with Crippen molar-refractivity contribution in [3.8, 4) is 10.4 Å². The maximum atomic E-state index is 14.5. The summed E-state index contributed by atoms with van der Waals surface area (Å²) in [6.45, 7) is 3.16. The molecule has 1 aromatic heterocycles. The van der Waals surface area contributed by atoms with Crippen LogP contribution < -0.4 is 5.32 Å². The zero-order chi connectivity index (χ0) is 22.3. The van der Waals surface area contributed by atoms with E-state index in [-0.39, 0.29) is 21.9 Å². The minimum absolute atomic E-state index is 0.0794. The van der Waals surface area contributed by atoms with Gasteiger partial charge in [-0.15, -0.1) is 11.3 Å². The van der Waals surface area contributed by atoms with Gasteiger partial charge in [-0.25, -0.2) is 13.2 Å². The lowest BCUT2D eigenvalue weighted by molar-refractivity contribution is -0.128. The summed E-state index contributed by atoms with van der Waals surface area (Å²) in [4.78, 5) is 30.5. The van der Waals surface area contributed by atoms with Crippen molar-refractivity contribution in [3.05, 3.63) is 76.4 Å². The number of carbonyl (C=O) groups is 2. The fraction of sp³-hybridized carbons (Fsp3) is 0.136. The Kier molecular flexibility index (Phi) is 5.14. The Morgan fingerprint density at radius 2 is 1.74 bits per heavy atom. The molecule has 158 valence electrons. The predicted molar refractivity (Wildman–Crippen MR) is 111 cm³/mol. The maximum absolute atomic E-state index is 14.5. The summed E-state index contributed by atoms with van der Waals surface area (Å²) < 4.78 is 42.1. The lowest BCUT2D eigenvalue weighted by atomic mass is 9.95. The number of hydrogen-bond acceptors (Lipinski definition) is 5. The van der Waals surface area contributed by atoms with Crippen molar-refractivity contribution in [2.45, 2.75) is 19.4 Å². The summed E-state index contributed by atoms with van der Waals surface area (Å²) in [5.74, 6) is -3.44. The van der Waals surface area contributed by atoms with Gasteiger partial charge in [0.25, 0.3) is 5.91 Å². The Hall–Kier alpha value is -3.46. The normalized spacial score (nSPS) is 14.9. The molecule has 1 N–H and O–H groups in total. The molecule has 0 saturated carbocycles. The number of Topliss-reactive ketones (excluding diaryl/α,β-unsaturated/α-hetero) is 1. The molecule has 0 atom stereocenters. The molecule has 31 heavy (non-hydrogen) atoms. The van der Waals surface area contributed by atoms with Crippen LogP contribution in [-0.4, -0.2) is 23.0 Å². The highest BCUT2D eigenvalue weighted by atomic mass is 32.1. The van der Waals surface area contributed by atoms with Crippen molar-refractivity contribution in [1.29, 1.82) is 0 Å². The van der Waals surface area contributed by atoms with Crippen molar-refractivity contribution in [2.75, 3.05) is 5.32 Å². The van der Waals surface area contributed by atoms with E-state index in [0.29, 0.717) is 10.4 Å². The number of oxime groups is 1. The molecule has 0 aliphatic carbocycles. The maximum Gasteiger partial charge on any atom is 0.265 e. The van der Waals surface area contributed by atoms with Gasteiger partial charge in [-0.3, -0.25) is 9.59 Å². The highest BCUT2D eigenvalue weighted by Gasteiger charge is 2.40. The van der Waals surface area contributed by atoms with Crippen molar-refractivity contribution in [3.63, 3.8) is 0 Å². The number of halogens is 3. The lowest BCUT2D eigenvalue weighted by Gasteiger charge is -2.11. The van der Waals surface area contributed by atoms with E-state index in [9.17, 15) is 22.8 Å². The number of benzene rings is 2. The summed E-state index contributed by atoms with van der Waals surface area (Å²) in [5, 5.41) is 6.01. The molecular formula is C22H15F3N2O3S. The highest BCUT2D eigenvalue weighted by Crippen LogP contribution is 2.33. The number of nitrogens with zero attached hydrogens (tertiary/aromatic N) is 1. The third kappa shape index (κ3) is 3.84. The molecule has 5 nitrogen and oxygen atoms in total. The van der Waals surface area contributed by atoms with Crippen LogP contribution in [0.2, 0.25) is 0 Å². The molecule has 1 aliphatic heterocycles. The van der Waals surface area contributed by atoms with E-state index in [1.165, 1.54) is 36.4 Å². The van der Waals surface area contributed by atoms with Crippen molar-refractivity contribution in [2.24, 2.45) is 5.16 Å². The SMILES string of the molecule is CC1(C)ON=C(c2ccc(F)c(-c3ccc(C(=O)Nc4c(F)cccc4F)s3)c2)C1=O. The van der Waals surface area contributed by atoms with Crippen molar-refractivity contribution >= 4 is 34.4 Å². The first-order valence-corrected chi connectivity index (χ1v) is 9.95. The van der Waals surface area contributed by atoms with Gasteiger partial charge in [-0.05, 0) is 56.3 Å². The summed E-state index contributed by atoms with van der Waals surface area (Å²) in [6, 6.07) is 10.2. The van der Waals surface area contributed by atoms with E-state index < -0.39 is 34.6 Å². The molecule has 0 unspecified atom stereocenters. The molecule has 4 rings (SSSR count). The number of anilines is 1. The second-order valence-corrected chi connectivity index (χ2v) is 8.36. The first-order valence-electron chi connectivity index (χ1n) is 9.14. The lowest BCUT2D eigenvalue weighted by Crippen LogP contribution is -2.33. The van der Waals surface area contributed by atoms with E-state index in [1.54, 1.807) is 13.8 Å². The Bertz CT molecular complexity index is 1230. The van der Waals surface area contributed by atoms with Crippen LogP contribution in [-0.2, 0) is 9.63 Å². The fourth-order valence-electron chi connectivity index (χ4n) is 2.97. The van der Waals surface area contributed by atoms with E-state index in [0.717, 1.165) is 23.5 Å². The third-order valence-corrected chi connectivity index (χ3v) is 5.78. The molecule has 2 heterocycles.